The summed E-state index contributed by atoms with van der Waals surface area (Å²) in [4.78, 5) is 7.99. The summed E-state index contributed by atoms with van der Waals surface area (Å²) < 4.78 is 27.1. The fraction of sp³-hybridized carbons (Fsp3) is 0.176. The number of aromatic nitrogens is 3. The number of sulfone groups is 1. The number of aryl methyl sites for hydroxylation is 2. The summed E-state index contributed by atoms with van der Waals surface area (Å²) in [7, 11) is -3.62. The van der Waals surface area contributed by atoms with Crippen LogP contribution in [-0.4, -0.2) is 23.0 Å². The fourth-order valence-electron chi connectivity index (χ4n) is 2.58. The first-order valence-corrected chi connectivity index (χ1v) is 9.33. The smallest absolute Gasteiger partial charge is 0.232 e. The highest BCUT2D eigenvalue weighted by Crippen LogP contribution is 2.21. The van der Waals surface area contributed by atoms with E-state index in [1.807, 2.05) is 32.0 Å². The van der Waals surface area contributed by atoms with Gasteiger partial charge in [0.2, 0.25) is 15.0 Å². The molecule has 7 heteroatoms. The summed E-state index contributed by atoms with van der Waals surface area (Å²) in [6.07, 6.45) is 4.61. The zero-order valence-electron chi connectivity index (χ0n) is 13.3. The van der Waals surface area contributed by atoms with Gasteiger partial charge in [-0.1, -0.05) is 23.7 Å². The molecular weight excluding hydrogens is 346 g/mol. The second-order valence-electron chi connectivity index (χ2n) is 5.67. The summed E-state index contributed by atoms with van der Waals surface area (Å²) in [5.74, 6) is -0.182. The number of hydrogen-bond acceptors (Lipinski definition) is 4. The van der Waals surface area contributed by atoms with Crippen molar-refractivity contribution in [1.82, 2.24) is 14.5 Å². The normalized spacial score (nSPS) is 11.6. The number of benzene rings is 1. The molecule has 2 aromatic heterocycles. The van der Waals surface area contributed by atoms with Crippen molar-refractivity contribution in [3.63, 3.8) is 0 Å². The molecule has 0 N–H and O–H groups in total. The topological polar surface area (TPSA) is 64.8 Å². The van der Waals surface area contributed by atoms with Gasteiger partial charge in [0.1, 0.15) is 5.15 Å². The lowest BCUT2D eigenvalue weighted by Crippen LogP contribution is -2.12. The third kappa shape index (κ3) is 3.49. The van der Waals surface area contributed by atoms with E-state index >= 15 is 0 Å². The Balaban J connectivity index is 2.01. The number of pyridine rings is 1. The molecule has 0 aliphatic carbocycles. The highest BCUT2D eigenvalue weighted by molar-refractivity contribution is 7.90. The SMILES string of the molecule is Cc1cc(C)cc(-n2ccnc2S(=O)(=O)Cc2ccc(Cl)nc2)c1. The summed E-state index contributed by atoms with van der Waals surface area (Å²) in [5, 5.41) is 0.343. The Morgan fingerprint density at radius 3 is 2.42 bits per heavy atom. The van der Waals surface area contributed by atoms with Crippen molar-refractivity contribution in [2.75, 3.05) is 0 Å². The first kappa shape index (κ1) is 16.7. The second-order valence-corrected chi connectivity index (χ2v) is 7.94. The lowest BCUT2D eigenvalue weighted by Gasteiger charge is -2.10. The summed E-state index contributed by atoms with van der Waals surface area (Å²) in [6, 6.07) is 9.11. The summed E-state index contributed by atoms with van der Waals surface area (Å²) in [5.41, 5.74) is 3.46. The Hall–Kier alpha value is -2.18. The Morgan fingerprint density at radius 2 is 1.79 bits per heavy atom. The van der Waals surface area contributed by atoms with Gasteiger partial charge in [-0.05, 0) is 48.7 Å². The first-order chi connectivity index (χ1) is 11.3. The Kier molecular flexibility index (Phi) is 4.43. The van der Waals surface area contributed by atoms with Crippen molar-refractivity contribution >= 4 is 21.4 Å². The lowest BCUT2D eigenvalue weighted by atomic mass is 10.1. The quantitative estimate of drug-likeness (QED) is 0.667. The van der Waals surface area contributed by atoms with Crippen LogP contribution in [0.25, 0.3) is 5.69 Å². The van der Waals surface area contributed by atoms with E-state index in [1.54, 1.807) is 22.9 Å². The van der Waals surface area contributed by atoms with Crippen molar-refractivity contribution < 1.29 is 8.42 Å². The highest BCUT2D eigenvalue weighted by atomic mass is 35.5. The summed E-state index contributed by atoms with van der Waals surface area (Å²) >= 11 is 5.74. The molecule has 2 heterocycles. The third-order valence-electron chi connectivity index (χ3n) is 3.51. The van der Waals surface area contributed by atoms with Gasteiger partial charge in [-0.3, -0.25) is 4.57 Å². The van der Waals surface area contributed by atoms with Crippen molar-refractivity contribution in [3.8, 4) is 5.69 Å². The van der Waals surface area contributed by atoms with Crippen LogP contribution in [0.1, 0.15) is 16.7 Å². The van der Waals surface area contributed by atoms with Gasteiger partial charge < -0.3 is 0 Å². The highest BCUT2D eigenvalue weighted by Gasteiger charge is 2.22. The van der Waals surface area contributed by atoms with Gasteiger partial charge in [-0.2, -0.15) is 0 Å². The molecule has 3 rings (SSSR count). The van der Waals surface area contributed by atoms with E-state index in [9.17, 15) is 8.42 Å². The number of halogens is 1. The molecule has 3 aromatic rings. The molecule has 0 saturated heterocycles. The molecule has 5 nitrogen and oxygen atoms in total. The second kappa shape index (κ2) is 6.37. The van der Waals surface area contributed by atoms with E-state index in [-0.39, 0.29) is 10.9 Å². The van der Waals surface area contributed by atoms with Gasteiger partial charge in [-0.15, -0.1) is 0 Å². The summed E-state index contributed by atoms with van der Waals surface area (Å²) in [6.45, 7) is 3.95. The number of hydrogen-bond donors (Lipinski definition) is 0. The van der Waals surface area contributed by atoms with Crippen LogP contribution in [0.5, 0.6) is 0 Å². The fourth-order valence-corrected chi connectivity index (χ4v) is 4.12. The Morgan fingerprint density at radius 1 is 1.08 bits per heavy atom. The molecule has 0 fully saturated rings. The molecule has 0 spiro atoms. The zero-order chi connectivity index (χ0) is 17.3. The lowest BCUT2D eigenvalue weighted by molar-refractivity contribution is 0.583. The predicted molar refractivity (Wildman–Crippen MR) is 93.2 cm³/mol. The number of imidazole rings is 1. The standard InChI is InChI=1S/C17H16ClN3O2S/c1-12-7-13(2)9-15(8-12)21-6-5-19-17(21)24(22,23)11-14-3-4-16(18)20-10-14/h3-10H,11H2,1-2H3. The molecule has 0 aliphatic heterocycles. The van der Waals surface area contributed by atoms with Gasteiger partial charge in [0.05, 0.1) is 5.75 Å². The largest absolute Gasteiger partial charge is 0.291 e. The molecular formula is C17H16ClN3O2S. The minimum absolute atomic E-state index is 0.0162. The van der Waals surface area contributed by atoms with Crippen LogP contribution in [0.4, 0.5) is 0 Å². The molecule has 0 bridgehead atoms. The molecule has 0 unspecified atom stereocenters. The van der Waals surface area contributed by atoms with Gasteiger partial charge >= 0.3 is 0 Å². The van der Waals surface area contributed by atoms with Crippen LogP contribution >= 0.6 is 11.6 Å². The van der Waals surface area contributed by atoms with Crippen molar-refractivity contribution in [2.24, 2.45) is 0 Å². The minimum Gasteiger partial charge on any atom is -0.291 e. The predicted octanol–water partition coefficient (Wildman–Crippen LogP) is 3.51. The van der Waals surface area contributed by atoms with Crippen molar-refractivity contribution in [2.45, 2.75) is 24.8 Å². The molecule has 0 atom stereocenters. The van der Waals surface area contributed by atoms with E-state index in [4.69, 9.17) is 11.6 Å². The van der Waals surface area contributed by atoms with Gasteiger partial charge in [0, 0.05) is 24.3 Å². The van der Waals surface area contributed by atoms with Crippen LogP contribution < -0.4 is 0 Å². The van der Waals surface area contributed by atoms with Crippen LogP contribution in [-0.2, 0) is 15.6 Å². The van der Waals surface area contributed by atoms with E-state index in [0.717, 1.165) is 16.8 Å². The average molecular weight is 362 g/mol. The van der Waals surface area contributed by atoms with Gasteiger partial charge in [-0.25, -0.2) is 18.4 Å². The maximum Gasteiger partial charge on any atom is 0.232 e. The zero-order valence-corrected chi connectivity index (χ0v) is 14.8. The molecule has 0 saturated carbocycles. The Labute approximate surface area is 145 Å². The average Bonchev–Trinajstić information content (AvgIpc) is 2.99. The molecule has 124 valence electrons. The maximum atomic E-state index is 12.8. The van der Waals surface area contributed by atoms with Crippen LogP contribution in [0.15, 0.2) is 54.1 Å². The van der Waals surface area contributed by atoms with Crippen molar-refractivity contribution in [3.05, 3.63) is 70.8 Å². The first-order valence-electron chi connectivity index (χ1n) is 7.30. The minimum atomic E-state index is -3.62. The van der Waals surface area contributed by atoms with Gasteiger partial charge in [0.25, 0.3) is 0 Å². The Bertz CT molecular complexity index is 959. The molecule has 0 amide bonds. The molecule has 1 aromatic carbocycles. The van der Waals surface area contributed by atoms with E-state index in [1.165, 1.54) is 12.4 Å². The maximum absolute atomic E-state index is 12.8. The molecule has 0 radical (unpaired) electrons. The molecule has 0 aliphatic rings. The van der Waals surface area contributed by atoms with Crippen LogP contribution in [0.3, 0.4) is 0 Å². The van der Waals surface area contributed by atoms with Crippen LogP contribution in [0, 0.1) is 13.8 Å². The van der Waals surface area contributed by atoms with E-state index < -0.39 is 9.84 Å². The van der Waals surface area contributed by atoms with E-state index in [0.29, 0.717) is 10.7 Å². The third-order valence-corrected chi connectivity index (χ3v) is 5.31. The van der Waals surface area contributed by atoms with Gasteiger partial charge in [0.15, 0.2) is 0 Å². The monoisotopic (exact) mass is 361 g/mol. The number of rotatable bonds is 4. The molecule has 24 heavy (non-hydrogen) atoms. The number of nitrogens with zero attached hydrogens (tertiary/aromatic N) is 3. The van der Waals surface area contributed by atoms with Crippen molar-refractivity contribution in [1.29, 1.82) is 0 Å². The van der Waals surface area contributed by atoms with E-state index in [2.05, 4.69) is 9.97 Å². The van der Waals surface area contributed by atoms with Crippen LogP contribution in [0.2, 0.25) is 5.15 Å².